The molecule has 2 nitrogen and oxygen atoms in total. The number of nitrogens with zero attached hydrogens (tertiary/aromatic N) is 1. The quantitative estimate of drug-likeness (QED) is 0.120. The average molecular weight is 928 g/mol. The topological polar surface area (TPSA) is 12.5 Å². The van der Waals surface area contributed by atoms with E-state index >= 15 is 0 Å². The Morgan fingerprint density at radius 1 is 0.486 bits per heavy atom. The van der Waals surface area contributed by atoms with Crippen LogP contribution in [-0.4, -0.2) is 7.11 Å². The maximum Gasteiger partial charge on any atom is 0.128 e. The van der Waals surface area contributed by atoms with Gasteiger partial charge in [0.15, 0.2) is 0 Å². The second kappa shape index (κ2) is 19.4. The molecule has 0 atom stereocenters. The van der Waals surface area contributed by atoms with Crippen LogP contribution in [0.3, 0.4) is 0 Å². The molecule has 2 aliphatic rings. The van der Waals surface area contributed by atoms with Crippen molar-refractivity contribution in [2.45, 2.75) is 46.0 Å². The zero-order valence-corrected chi connectivity index (χ0v) is 41.3. The van der Waals surface area contributed by atoms with Gasteiger partial charge in [-0.1, -0.05) is 182 Å². The van der Waals surface area contributed by atoms with Gasteiger partial charge in [0.1, 0.15) is 5.75 Å². The molecular formula is C70H57NO. The van der Waals surface area contributed by atoms with Gasteiger partial charge in [0.25, 0.3) is 0 Å². The van der Waals surface area contributed by atoms with E-state index in [-0.39, 0.29) is 0 Å². The van der Waals surface area contributed by atoms with Gasteiger partial charge >= 0.3 is 0 Å². The summed E-state index contributed by atoms with van der Waals surface area (Å²) in [6.07, 6.45) is 14.7. The molecule has 0 saturated heterocycles. The molecule has 12 rings (SSSR count). The summed E-state index contributed by atoms with van der Waals surface area (Å²) in [5.74, 6) is 0.815. The Balaban J connectivity index is 0.916. The fourth-order valence-electron chi connectivity index (χ4n) is 11.4. The van der Waals surface area contributed by atoms with Crippen LogP contribution < -0.4 is 9.64 Å². The summed E-state index contributed by atoms with van der Waals surface area (Å²) in [4.78, 5) is 2.39. The summed E-state index contributed by atoms with van der Waals surface area (Å²) < 4.78 is 6.25. The van der Waals surface area contributed by atoms with E-state index in [0.29, 0.717) is 0 Å². The molecular weight excluding hydrogens is 871 g/mol. The fourth-order valence-corrected chi connectivity index (χ4v) is 11.4. The highest BCUT2D eigenvalue weighted by Gasteiger charge is 2.24. The predicted molar refractivity (Wildman–Crippen MR) is 306 cm³/mol. The van der Waals surface area contributed by atoms with E-state index in [1.54, 1.807) is 7.11 Å². The Labute approximate surface area is 424 Å². The van der Waals surface area contributed by atoms with Crippen LogP contribution in [0.1, 0.15) is 79.6 Å². The van der Waals surface area contributed by atoms with Crippen molar-refractivity contribution in [2.24, 2.45) is 0 Å². The fraction of sp³-hybridized carbons (Fsp3) is 0.114. The highest BCUT2D eigenvalue weighted by Crippen LogP contribution is 2.46. The van der Waals surface area contributed by atoms with E-state index in [1.807, 2.05) is 0 Å². The molecule has 10 aromatic carbocycles. The van der Waals surface area contributed by atoms with Crippen molar-refractivity contribution < 1.29 is 4.74 Å². The molecule has 2 aliphatic carbocycles. The molecule has 0 saturated carbocycles. The van der Waals surface area contributed by atoms with Crippen LogP contribution in [-0.2, 0) is 19.3 Å². The molecule has 0 aromatic heterocycles. The lowest BCUT2D eigenvalue weighted by Gasteiger charge is -2.28. The largest absolute Gasteiger partial charge is 0.496 e. The van der Waals surface area contributed by atoms with Crippen LogP contribution in [0.15, 0.2) is 218 Å². The Bertz CT molecular complexity index is 3690. The van der Waals surface area contributed by atoms with Crippen LogP contribution in [0, 0.1) is 13.8 Å². The van der Waals surface area contributed by atoms with Gasteiger partial charge in [-0.25, -0.2) is 0 Å². The number of anilines is 3. The predicted octanol–water partition coefficient (Wildman–Crippen LogP) is 18.3. The summed E-state index contributed by atoms with van der Waals surface area (Å²) in [5, 5.41) is 5.04. The molecule has 10 aromatic rings. The normalized spacial score (nSPS) is 13.3. The smallest absolute Gasteiger partial charge is 0.128 e. The molecule has 72 heavy (non-hydrogen) atoms. The Morgan fingerprint density at radius 3 is 1.79 bits per heavy atom. The molecule has 0 N–H and O–H groups in total. The maximum absolute atomic E-state index is 6.25. The van der Waals surface area contributed by atoms with Gasteiger partial charge in [-0.2, -0.15) is 0 Å². The van der Waals surface area contributed by atoms with Gasteiger partial charge in [-0.15, -0.1) is 0 Å². The lowest BCUT2D eigenvalue weighted by molar-refractivity contribution is 0.414. The summed E-state index contributed by atoms with van der Waals surface area (Å²) in [6, 6.07) is 76.0. The van der Waals surface area contributed by atoms with Crippen LogP contribution in [0.2, 0.25) is 0 Å². The third-order valence-electron chi connectivity index (χ3n) is 15.1. The van der Waals surface area contributed by atoms with Gasteiger partial charge in [-0.05, 0) is 193 Å². The molecule has 0 aliphatic heterocycles. The highest BCUT2D eigenvalue weighted by atomic mass is 16.5. The van der Waals surface area contributed by atoms with Crippen LogP contribution in [0.5, 0.6) is 5.75 Å². The van der Waals surface area contributed by atoms with Crippen LogP contribution >= 0.6 is 0 Å². The minimum atomic E-state index is 0.815. The third-order valence-corrected chi connectivity index (χ3v) is 15.1. The maximum atomic E-state index is 6.25. The number of aryl methyl sites for hydroxylation is 4. The number of allylic oxidation sites excluding steroid dienone is 2. The number of hydrogen-bond acceptors (Lipinski definition) is 2. The SMILES string of the molecule is COc1cc(N(c2ccc(C=C3c4ccccc4-c4ccc(Cc5ccccc5)cc43)cc2)c2ccc3c(c2)CCCC3)ccc1C=CC=C(c1ccc(C)c2ccccc12)c1ccc(C)c2ccccc12. The van der Waals surface area contributed by atoms with E-state index < -0.39 is 0 Å². The molecule has 0 amide bonds. The monoisotopic (exact) mass is 927 g/mol. The lowest BCUT2D eigenvalue weighted by Crippen LogP contribution is -2.12. The van der Waals surface area contributed by atoms with Crippen molar-refractivity contribution in [1.29, 1.82) is 0 Å². The van der Waals surface area contributed by atoms with Crippen molar-refractivity contribution in [3.63, 3.8) is 0 Å². The van der Waals surface area contributed by atoms with E-state index in [4.69, 9.17) is 4.74 Å². The van der Waals surface area contributed by atoms with Gasteiger partial charge in [-0.3, -0.25) is 0 Å². The first-order valence-corrected chi connectivity index (χ1v) is 25.5. The van der Waals surface area contributed by atoms with E-state index in [0.717, 1.165) is 53.2 Å². The Hall–Kier alpha value is -8.46. The van der Waals surface area contributed by atoms with Crippen molar-refractivity contribution in [3.8, 4) is 16.9 Å². The van der Waals surface area contributed by atoms with Crippen LogP contribution in [0.4, 0.5) is 17.1 Å². The first-order chi connectivity index (χ1) is 35.5. The summed E-state index contributed by atoms with van der Waals surface area (Å²) in [7, 11) is 1.78. The van der Waals surface area contributed by atoms with E-state index in [1.165, 1.54) is 112 Å². The summed E-state index contributed by atoms with van der Waals surface area (Å²) >= 11 is 0. The van der Waals surface area contributed by atoms with Crippen molar-refractivity contribution in [1.82, 2.24) is 0 Å². The molecule has 348 valence electrons. The molecule has 0 unspecified atom stereocenters. The summed E-state index contributed by atoms with van der Waals surface area (Å²) in [6.45, 7) is 4.40. The first-order valence-electron chi connectivity index (χ1n) is 25.5. The molecule has 2 heteroatoms. The number of hydrogen-bond donors (Lipinski definition) is 0. The molecule has 0 radical (unpaired) electrons. The minimum Gasteiger partial charge on any atom is -0.496 e. The molecule has 0 heterocycles. The number of methoxy groups -OCH3 is 1. The van der Waals surface area contributed by atoms with Crippen molar-refractivity contribution >= 4 is 61.9 Å². The van der Waals surface area contributed by atoms with Gasteiger partial charge < -0.3 is 9.64 Å². The number of benzene rings is 10. The van der Waals surface area contributed by atoms with Crippen molar-refractivity contribution in [2.75, 3.05) is 12.0 Å². The number of fused-ring (bicyclic) bond motifs is 6. The lowest BCUT2D eigenvalue weighted by atomic mass is 9.88. The zero-order valence-electron chi connectivity index (χ0n) is 41.3. The number of rotatable bonds is 11. The van der Waals surface area contributed by atoms with E-state index in [9.17, 15) is 0 Å². The first kappa shape index (κ1) is 44.7. The minimum absolute atomic E-state index is 0.815. The summed E-state index contributed by atoms with van der Waals surface area (Å²) in [5.41, 5.74) is 23.6. The number of ether oxygens (including phenoxy) is 1. The van der Waals surface area contributed by atoms with Crippen molar-refractivity contribution in [3.05, 3.63) is 285 Å². The second-order valence-corrected chi connectivity index (χ2v) is 19.5. The standard InChI is InChI=1S/C70H57NO/c1-47-28-39-65(60-23-11-9-21-58(47)60)63(66-40-29-48(2)59-22-10-12-24-61(59)66)27-15-20-53-34-38-57(46-70(53)72-3)71(56-37-33-52-18-7-8-19-54(52)45-56)55-35-30-50(31-36-55)43-68-64-26-14-13-25-62(64)67-41-32-51(44-69(67)68)42-49-16-5-4-6-17-49/h4-6,9-17,20-41,43-46H,7-8,18-19,42H2,1-3H3. The van der Waals surface area contributed by atoms with Gasteiger partial charge in [0, 0.05) is 28.7 Å². The second-order valence-electron chi connectivity index (χ2n) is 19.5. The van der Waals surface area contributed by atoms with Gasteiger partial charge in [0.2, 0.25) is 0 Å². The molecule has 0 fully saturated rings. The highest BCUT2D eigenvalue weighted by molar-refractivity contribution is 6.07. The average Bonchev–Trinajstić information content (AvgIpc) is 3.73. The Kier molecular flexibility index (Phi) is 12.0. The zero-order chi connectivity index (χ0) is 48.5. The van der Waals surface area contributed by atoms with Crippen LogP contribution in [0.25, 0.3) is 56.0 Å². The third kappa shape index (κ3) is 8.54. The van der Waals surface area contributed by atoms with E-state index in [2.05, 4.69) is 249 Å². The Morgan fingerprint density at radius 2 is 1.08 bits per heavy atom. The molecule has 0 spiro atoms. The molecule has 0 bridgehead atoms. The van der Waals surface area contributed by atoms with Gasteiger partial charge in [0.05, 0.1) is 7.11 Å².